The van der Waals surface area contributed by atoms with Crippen molar-refractivity contribution in [2.75, 3.05) is 45.9 Å². The molecule has 3 aliphatic rings. The van der Waals surface area contributed by atoms with Crippen molar-refractivity contribution in [3.8, 4) is 0 Å². The zero-order valence-electron chi connectivity index (χ0n) is 19.0. The van der Waals surface area contributed by atoms with Gasteiger partial charge in [-0.1, -0.05) is 18.2 Å². The van der Waals surface area contributed by atoms with Crippen molar-refractivity contribution >= 4 is 11.8 Å². The Labute approximate surface area is 190 Å². The molecule has 7 heteroatoms. The molecular weight excluding hydrogens is 409 g/mol. The highest BCUT2D eigenvalue weighted by atomic mass is 19.1. The lowest BCUT2D eigenvalue weighted by molar-refractivity contribution is -0.143. The summed E-state index contributed by atoms with van der Waals surface area (Å²) in [5.74, 6) is 0.428. The number of amides is 2. The number of likely N-dealkylation sites (tertiary alicyclic amines) is 2. The minimum atomic E-state index is -0.143. The number of hydrogen-bond acceptors (Lipinski definition) is 4. The van der Waals surface area contributed by atoms with Crippen LogP contribution in [0.15, 0.2) is 24.3 Å². The van der Waals surface area contributed by atoms with Crippen LogP contribution in [0.1, 0.15) is 50.5 Å². The number of carbonyl (C=O) groups is 2. The molecule has 3 heterocycles. The van der Waals surface area contributed by atoms with Gasteiger partial charge >= 0.3 is 0 Å². The molecule has 0 spiro atoms. The minimum absolute atomic E-state index is 0.0459. The van der Waals surface area contributed by atoms with Gasteiger partial charge in [0.05, 0.1) is 12.6 Å². The Kier molecular flexibility index (Phi) is 8.14. The first-order valence-corrected chi connectivity index (χ1v) is 12.2. The first-order valence-electron chi connectivity index (χ1n) is 12.2. The summed E-state index contributed by atoms with van der Waals surface area (Å²) < 4.78 is 19.8. The third kappa shape index (κ3) is 6.29. The number of piperidine rings is 2. The standard InChI is InChI=1S/C25H36FN3O3/c26-23-8-2-1-6-21(23)17-27-13-10-20(11-14-27)16-29(18-22-7-5-15-32-22)25(31)19-28-12-4-3-9-24(28)30/h1-2,6,8,20,22H,3-5,7,9-19H2. The highest BCUT2D eigenvalue weighted by Gasteiger charge is 2.29. The van der Waals surface area contributed by atoms with Crippen LogP contribution in [0.4, 0.5) is 4.39 Å². The van der Waals surface area contributed by atoms with E-state index in [0.29, 0.717) is 38.5 Å². The van der Waals surface area contributed by atoms with Crippen molar-refractivity contribution in [3.63, 3.8) is 0 Å². The molecule has 32 heavy (non-hydrogen) atoms. The molecule has 0 aromatic heterocycles. The number of hydrogen-bond donors (Lipinski definition) is 0. The van der Waals surface area contributed by atoms with Crippen LogP contribution in [-0.4, -0.2) is 78.5 Å². The maximum atomic E-state index is 14.0. The van der Waals surface area contributed by atoms with E-state index in [1.807, 2.05) is 17.0 Å². The van der Waals surface area contributed by atoms with E-state index < -0.39 is 0 Å². The summed E-state index contributed by atoms with van der Waals surface area (Å²) in [6.07, 6.45) is 6.59. The molecule has 176 valence electrons. The van der Waals surface area contributed by atoms with Gasteiger partial charge < -0.3 is 14.5 Å². The van der Waals surface area contributed by atoms with Crippen LogP contribution in [-0.2, 0) is 20.9 Å². The van der Waals surface area contributed by atoms with Crippen molar-refractivity contribution in [2.45, 2.75) is 57.6 Å². The molecule has 0 bridgehead atoms. The predicted molar refractivity (Wildman–Crippen MR) is 120 cm³/mol. The van der Waals surface area contributed by atoms with Crippen LogP contribution < -0.4 is 0 Å². The largest absolute Gasteiger partial charge is 0.376 e. The summed E-state index contributed by atoms with van der Waals surface area (Å²) in [6.45, 7) is 5.44. The average molecular weight is 446 g/mol. The third-order valence-corrected chi connectivity index (χ3v) is 7.09. The molecule has 0 radical (unpaired) electrons. The summed E-state index contributed by atoms with van der Waals surface area (Å²) in [7, 11) is 0. The van der Waals surface area contributed by atoms with Gasteiger partial charge in [-0.05, 0) is 63.6 Å². The summed E-state index contributed by atoms with van der Waals surface area (Å²) in [5.41, 5.74) is 0.743. The summed E-state index contributed by atoms with van der Waals surface area (Å²) >= 11 is 0. The molecule has 0 aliphatic carbocycles. The fourth-order valence-corrected chi connectivity index (χ4v) is 5.11. The number of rotatable bonds is 8. The van der Waals surface area contributed by atoms with Crippen LogP contribution in [0.25, 0.3) is 0 Å². The molecule has 0 N–H and O–H groups in total. The summed E-state index contributed by atoms with van der Waals surface area (Å²) in [4.78, 5) is 31.4. The van der Waals surface area contributed by atoms with Crippen molar-refractivity contribution < 1.29 is 18.7 Å². The second kappa shape index (κ2) is 11.2. The van der Waals surface area contributed by atoms with E-state index in [2.05, 4.69) is 4.90 Å². The Morgan fingerprint density at radius 2 is 1.88 bits per heavy atom. The number of benzene rings is 1. The molecule has 1 unspecified atom stereocenters. The lowest BCUT2D eigenvalue weighted by Crippen LogP contribution is -2.49. The molecule has 1 aromatic carbocycles. The fraction of sp³-hybridized carbons (Fsp3) is 0.680. The molecule has 1 aromatic rings. The maximum absolute atomic E-state index is 14.0. The average Bonchev–Trinajstić information content (AvgIpc) is 3.31. The van der Waals surface area contributed by atoms with Crippen molar-refractivity contribution in [1.82, 2.24) is 14.7 Å². The quantitative estimate of drug-likeness (QED) is 0.617. The van der Waals surface area contributed by atoms with E-state index in [9.17, 15) is 14.0 Å². The normalized spacial score (nSPS) is 23.0. The Morgan fingerprint density at radius 1 is 1.06 bits per heavy atom. The van der Waals surface area contributed by atoms with E-state index >= 15 is 0 Å². The Morgan fingerprint density at radius 3 is 2.59 bits per heavy atom. The topological polar surface area (TPSA) is 53.1 Å². The van der Waals surface area contributed by atoms with Crippen LogP contribution >= 0.6 is 0 Å². The Bertz CT molecular complexity index is 775. The highest BCUT2D eigenvalue weighted by molar-refractivity contribution is 5.85. The van der Waals surface area contributed by atoms with Crippen molar-refractivity contribution in [3.05, 3.63) is 35.6 Å². The first-order chi connectivity index (χ1) is 15.6. The van der Waals surface area contributed by atoms with Crippen molar-refractivity contribution in [1.29, 1.82) is 0 Å². The van der Waals surface area contributed by atoms with Crippen LogP contribution in [0.3, 0.4) is 0 Å². The SMILES string of the molecule is O=C1CCCCN1CC(=O)N(CC1CCN(Cc2ccccc2F)CC1)CC1CCCO1. The van der Waals surface area contributed by atoms with E-state index in [0.717, 1.165) is 63.8 Å². The molecule has 0 saturated carbocycles. The van der Waals surface area contributed by atoms with Gasteiger partial charge in [-0.3, -0.25) is 14.5 Å². The third-order valence-electron chi connectivity index (χ3n) is 7.09. The second-order valence-electron chi connectivity index (χ2n) is 9.52. The van der Waals surface area contributed by atoms with Gasteiger partial charge in [-0.2, -0.15) is 0 Å². The lowest BCUT2D eigenvalue weighted by atomic mass is 9.95. The van der Waals surface area contributed by atoms with E-state index in [-0.39, 0.29) is 30.3 Å². The number of nitrogens with zero attached hydrogens (tertiary/aromatic N) is 3. The van der Waals surface area contributed by atoms with Gasteiger partial charge in [0.25, 0.3) is 0 Å². The van der Waals surface area contributed by atoms with E-state index in [1.54, 1.807) is 11.0 Å². The molecule has 3 saturated heterocycles. The second-order valence-corrected chi connectivity index (χ2v) is 9.52. The lowest BCUT2D eigenvalue weighted by Gasteiger charge is -2.36. The van der Waals surface area contributed by atoms with Gasteiger partial charge in [0.15, 0.2) is 0 Å². The Balaban J connectivity index is 1.31. The number of carbonyl (C=O) groups excluding carboxylic acids is 2. The number of ether oxygens (including phenoxy) is 1. The molecule has 4 rings (SSSR count). The zero-order valence-corrected chi connectivity index (χ0v) is 19.0. The van der Waals surface area contributed by atoms with Gasteiger partial charge in [0.1, 0.15) is 5.82 Å². The van der Waals surface area contributed by atoms with Gasteiger partial charge in [0.2, 0.25) is 11.8 Å². The van der Waals surface area contributed by atoms with E-state index in [4.69, 9.17) is 4.74 Å². The van der Waals surface area contributed by atoms with Crippen molar-refractivity contribution in [2.24, 2.45) is 5.92 Å². The summed E-state index contributed by atoms with van der Waals surface area (Å²) in [6, 6.07) is 6.98. The maximum Gasteiger partial charge on any atom is 0.242 e. The molecule has 1 atom stereocenters. The minimum Gasteiger partial charge on any atom is -0.376 e. The molecule has 3 aliphatic heterocycles. The monoisotopic (exact) mass is 445 g/mol. The highest BCUT2D eigenvalue weighted by Crippen LogP contribution is 2.23. The molecule has 3 fully saturated rings. The van der Waals surface area contributed by atoms with Gasteiger partial charge in [0, 0.05) is 44.8 Å². The van der Waals surface area contributed by atoms with Gasteiger partial charge in [-0.15, -0.1) is 0 Å². The molecule has 6 nitrogen and oxygen atoms in total. The van der Waals surface area contributed by atoms with E-state index in [1.165, 1.54) is 6.07 Å². The Hall–Kier alpha value is -1.99. The smallest absolute Gasteiger partial charge is 0.242 e. The molecular formula is C25H36FN3O3. The zero-order chi connectivity index (χ0) is 22.3. The van der Waals surface area contributed by atoms with Gasteiger partial charge in [-0.25, -0.2) is 4.39 Å². The first kappa shape index (κ1) is 23.2. The number of halogens is 1. The van der Waals surface area contributed by atoms with Crippen LogP contribution in [0.5, 0.6) is 0 Å². The van der Waals surface area contributed by atoms with Crippen LogP contribution in [0, 0.1) is 11.7 Å². The molecule has 2 amide bonds. The van der Waals surface area contributed by atoms with Crippen LogP contribution in [0.2, 0.25) is 0 Å². The predicted octanol–water partition coefficient (Wildman–Crippen LogP) is 3.06. The fourth-order valence-electron chi connectivity index (χ4n) is 5.11. The summed E-state index contributed by atoms with van der Waals surface area (Å²) in [5, 5.41) is 0.